The highest BCUT2D eigenvalue weighted by Crippen LogP contribution is 2.34. The van der Waals surface area contributed by atoms with Gasteiger partial charge < -0.3 is 9.26 Å². The van der Waals surface area contributed by atoms with Gasteiger partial charge in [-0.05, 0) is 32.1 Å². The highest BCUT2D eigenvalue weighted by atomic mass is 35.5. The van der Waals surface area contributed by atoms with E-state index in [2.05, 4.69) is 27.0 Å². The molecular formula is C18H23ClN4O3. The van der Waals surface area contributed by atoms with Gasteiger partial charge in [0.25, 0.3) is 0 Å². The summed E-state index contributed by atoms with van der Waals surface area (Å²) in [5.41, 5.74) is 0.488. The van der Waals surface area contributed by atoms with Crippen molar-refractivity contribution in [1.29, 1.82) is 0 Å². The molecule has 0 unspecified atom stereocenters. The topological polar surface area (TPSA) is 91.0 Å². The summed E-state index contributed by atoms with van der Waals surface area (Å²) < 4.78 is 11.0. The number of aromatic nitrogens is 4. The largest absolute Gasteiger partial charge is 0.462 e. The van der Waals surface area contributed by atoms with Crippen LogP contribution in [-0.2, 0) is 9.53 Å². The fourth-order valence-corrected chi connectivity index (χ4v) is 3.29. The van der Waals surface area contributed by atoms with Crippen molar-refractivity contribution < 1.29 is 14.1 Å². The standard InChI is InChI=1S/C18H23ClN4O3/c1-2-3-4-5-16(24)25-13-8-6-12(7-9-13)18-22-17(23-26-18)14-10-20-11-15(19)21-14/h10-13H,2-9H2,1H3. The third-order valence-electron chi connectivity index (χ3n) is 4.58. The van der Waals surface area contributed by atoms with E-state index in [1.165, 1.54) is 6.20 Å². The van der Waals surface area contributed by atoms with E-state index in [1.54, 1.807) is 6.20 Å². The van der Waals surface area contributed by atoms with E-state index in [0.29, 0.717) is 23.8 Å². The van der Waals surface area contributed by atoms with Gasteiger partial charge in [0.15, 0.2) is 0 Å². The zero-order chi connectivity index (χ0) is 18.4. The number of hydrogen-bond acceptors (Lipinski definition) is 7. The van der Waals surface area contributed by atoms with Crippen LogP contribution in [0.2, 0.25) is 5.15 Å². The van der Waals surface area contributed by atoms with Crippen LogP contribution in [0.4, 0.5) is 0 Å². The van der Waals surface area contributed by atoms with E-state index in [1.807, 2.05) is 0 Å². The molecule has 1 aliphatic rings. The molecule has 0 N–H and O–H groups in total. The molecular weight excluding hydrogens is 356 g/mol. The minimum absolute atomic E-state index is 0.00145. The number of halogens is 1. The Balaban J connectivity index is 1.50. The number of carbonyl (C=O) groups excluding carboxylic acids is 1. The molecule has 0 saturated heterocycles. The van der Waals surface area contributed by atoms with Crippen LogP contribution >= 0.6 is 11.6 Å². The van der Waals surface area contributed by atoms with Gasteiger partial charge in [-0.15, -0.1) is 0 Å². The van der Waals surface area contributed by atoms with Gasteiger partial charge in [-0.1, -0.05) is 36.5 Å². The Morgan fingerprint density at radius 1 is 1.23 bits per heavy atom. The number of rotatable bonds is 7. The van der Waals surface area contributed by atoms with E-state index in [9.17, 15) is 4.79 Å². The van der Waals surface area contributed by atoms with Crippen molar-refractivity contribution in [3.63, 3.8) is 0 Å². The van der Waals surface area contributed by atoms with Gasteiger partial charge in [0.05, 0.1) is 12.4 Å². The maximum Gasteiger partial charge on any atom is 0.306 e. The molecule has 2 heterocycles. The summed E-state index contributed by atoms with van der Waals surface area (Å²) in [5, 5.41) is 4.27. The van der Waals surface area contributed by atoms with Gasteiger partial charge in [0.2, 0.25) is 11.7 Å². The highest BCUT2D eigenvalue weighted by Gasteiger charge is 2.28. The average molecular weight is 379 g/mol. The second-order valence-electron chi connectivity index (χ2n) is 6.60. The summed E-state index contributed by atoms with van der Waals surface area (Å²) in [6.07, 6.45) is 9.95. The third kappa shape index (κ3) is 5.00. The average Bonchev–Trinajstić information content (AvgIpc) is 3.13. The zero-order valence-electron chi connectivity index (χ0n) is 14.9. The first-order valence-electron chi connectivity index (χ1n) is 9.16. The molecule has 3 rings (SSSR count). The van der Waals surface area contributed by atoms with Crippen LogP contribution < -0.4 is 0 Å². The molecule has 1 saturated carbocycles. The monoisotopic (exact) mass is 378 g/mol. The lowest BCUT2D eigenvalue weighted by Gasteiger charge is -2.26. The molecule has 8 heteroatoms. The van der Waals surface area contributed by atoms with Crippen LogP contribution in [0.25, 0.3) is 11.5 Å². The van der Waals surface area contributed by atoms with Crippen molar-refractivity contribution in [3.8, 4) is 11.5 Å². The Morgan fingerprint density at radius 2 is 2.04 bits per heavy atom. The van der Waals surface area contributed by atoms with Gasteiger partial charge in [0, 0.05) is 12.3 Å². The smallest absolute Gasteiger partial charge is 0.306 e. The Morgan fingerprint density at radius 3 is 2.77 bits per heavy atom. The van der Waals surface area contributed by atoms with Crippen molar-refractivity contribution in [3.05, 3.63) is 23.4 Å². The summed E-state index contributed by atoms with van der Waals surface area (Å²) in [6, 6.07) is 0. The fourth-order valence-electron chi connectivity index (χ4n) is 3.15. The fraction of sp³-hybridized carbons (Fsp3) is 0.611. The Hall–Kier alpha value is -2.02. The summed E-state index contributed by atoms with van der Waals surface area (Å²) in [7, 11) is 0. The first kappa shape index (κ1) is 18.8. The summed E-state index contributed by atoms with van der Waals surface area (Å²) in [6.45, 7) is 2.12. The number of esters is 1. The van der Waals surface area contributed by atoms with Crippen LogP contribution in [0.3, 0.4) is 0 Å². The lowest BCUT2D eigenvalue weighted by atomic mass is 9.87. The van der Waals surface area contributed by atoms with E-state index in [0.717, 1.165) is 44.9 Å². The van der Waals surface area contributed by atoms with Gasteiger partial charge in [-0.2, -0.15) is 4.98 Å². The van der Waals surface area contributed by atoms with Crippen LogP contribution in [0.15, 0.2) is 16.9 Å². The summed E-state index contributed by atoms with van der Waals surface area (Å²) in [4.78, 5) is 24.4. The second-order valence-corrected chi connectivity index (χ2v) is 6.99. The summed E-state index contributed by atoms with van der Waals surface area (Å²) in [5.74, 6) is 1.08. The Labute approximate surface area is 157 Å². The molecule has 26 heavy (non-hydrogen) atoms. The van der Waals surface area contributed by atoms with Crippen molar-refractivity contribution in [2.24, 2.45) is 0 Å². The van der Waals surface area contributed by atoms with Gasteiger partial charge in [-0.25, -0.2) is 4.98 Å². The second kappa shape index (κ2) is 9.07. The number of carbonyl (C=O) groups is 1. The molecule has 0 atom stereocenters. The van der Waals surface area contributed by atoms with Crippen molar-refractivity contribution in [2.75, 3.05) is 0 Å². The predicted molar refractivity (Wildman–Crippen MR) is 95.6 cm³/mol. The van der Waals surface area contributed by atoms with Crippen LogP contribution in [0.1, 0.15) is 70.1 Å². The number of ether oxygens (including phenoxy) is 1. The third-order valence-corrected chi connectivity index (χ3v) is 4.76. The maximum atomic E-state index is 11.8. The molecule has 0 spiro atoms. The SMILES string of the molecule is CCCCCC(=O)OC1CCC(c2nc(-c3cncc(Cl)n3)no2)CC1. The molecule has 0 aromatic carbocycles. The molecule has 0 amide bonds. The zero-order valence-corrected chi connectivity index (χ0v) is 15.6. The lowest BCUT2D eigenvalue weighted by molar-refractivity contribution is -0.150. The molecule has 2 aromatic rings. The minimum atomic E-state index is -0.0819. The summed E-state index contributed by atoms with van der Waals surface area (Å²) >= 11 is 5.85. The Kier molecular flexibility index (Phi) is 6.55. The van der Waals surface area contributed by atoms with Gasteiger partial charge in [-0.3, -0.25) is 9.78 Å². The minimum Gasteiger partial charge on any atom is -0.462 e. The number of nitrogens with zero attached hydrogens (tertiary/aromatic N) is 4. The number of hydrogen-bond donors (Lipinski definition) is 0. The molecule has 0 bridgehead atoms. The normalized spacial score (nSPS) is 20.1. The quantitative estimate of drug-likeness (QED) is 0.523. The first-order chi connectivity index (χ1) is 12.7. The van der Waals surface area contributed by atoms with Crippen molar-refractivity contribution in [1.82, 2.24) is 20.1 Å². The van der Waals surface area contributed by atoms with Crippen LogP contribution in [-0.4, -0.2) is 32.2 Å². The van der Waals surface area contributed by atoms with E-state index in [4.69, 9.17) is 20.9 Å². The molecule has 0 aliphatic heterocycles. The lowest BCUT2D eigenvalue weighted by Crippen LogP contribution is -2.23. The molecule has 2 aromatic heterocycles. The molecule has 1 aliphatic carbocycles. The number of unbranched alkanes of at least 4 members (excludes halogenated alkanes) is 2. The van der Waals surface area contributed by atoms with E-state index < -0.39 is 0 Å². The highest BCUT2D eigenvalue weighted by molar-refractivity contribution is 6.29. The van der Waals surface area contributed by atoms with Crippen LogP contribution in [0, 0.1) is 0 Å². The first-order valence-corrected chi connectivity index (χ1v) is 9.54. The maximum absolute atomic E-state index is 11.8. The molecule has 0 radical (unpaired) electrons. The molecule has 1 fully saturated rings. The van der Waals surface area contributed by atoms with E-state index in [-0.39, 0.29) is 23.1 Å². The van der Waals surface area contributed by atoms with Gasteiger partial charge in [0.1, 0.15) is 17.0 Å². The van der Waals surface area contributed by atoms with Crippen molar-refractivity contribution >= 4 is 17.6 Å². The van der Waals surface area contributed by atoms with E-state index >= 15 is 0 Å². The van der Waals surface area contributed by atoms with Crippen molar-refractivity contribution in [2.45, 2.75) is 70.3 Å². The molecule has 140 valence electrons. The molecule has 7 nitrogen and oxygen atoms in total. The van der Waals surface area contributed by atoms with Gasteiger partial charge >= 0.3 is 5.97 Å². The predicted octanol–water partition coefficient (Wildman–Crippen LogP) is 4.33. The van der Waals surface area contributed by atoms with Crippen LogP contribution in [0.5, 0.6) is 0 Å². The Bertz CT molecular complexity index is 729.